The fraction of sp³-hybridized carbons (Fsp3) is 0.412. The minimum absolute atomic E-state index is 0.0447. The predicted octanol–water partition coefficient (Wildman–Crippen LogP) is -2.43. The highest BCUT2D eigenvalue weighted by Gasteiger charge is 2.28. The molecule has 0 unspecified atom stereocenters. The molecule has 0 spiro atoms. The Kier molecular flexibility index (Phi) is 8.05. The van der Waals surface area contributed by atoms with Gasteiger partial charge in [0.25, 0.3) is 0 Å². The van der Waals surface area contributed by atoms with Crippen molar-refractivity contribution in [1.29, 1.82) is 0 Å². The van der Waals surface area contributed by atoms with Gasteiger partial charge in [-0.15, -0.1) is 0 Å². The summed E-state index contributed by atoms with van der Waals surface area (Å²) in [4.78, 5) is 60.9. The van der Waals surface area contributed by atoms with E-state index in [1.165, 1.54) is 25.0 Å². The number of aromatic nitrogens is 4. The lowest BCUT2D eigenvalue weighted by Gasteiger charge is -2.22. The molecule has 2 aromatic heterocycles. The third-order valence-corrected chi connectivity index (χ3v) is 4.24. The van der Waals surface area contributed by atoms with Crippen LogP contribution in [-0.2, 0) is 32.0 Å². The van der Waals surface area contributed by atoms with E-state index in [1.807, 2.05) is 0 Å². The van der Waals surface area contributed by atoms with Crippen molar-refractivity contribution in [2.75, 3.05) is 0 Å². The van der Waals surface area contributed by atoms with E-state index in [0.29, 0.717) is 11.4 Å². The summed E-state index contributed by atoms with van der Waals surface area (Å²) >= 11 is 0. The van der Waals surface area contributed by atoms with Crippen molar-refractivity contribution < 1.29 is 24.3 Å². The van der Waals surface area contributed by atoms with Crippen LogP contribution < -0.4 is 22.1 Å². The number of carboxylic acids is 1. The molecule has 13 nitrogen and oxygen atoms in total. The molecule has 0 aliphatic carbocycles. The Morgan fingerprint density at radius 2 is 1.53 bits per heavy atom. The van der Waals surface area contributed by atoms with Crippen molar-refractivity contribution in [2.45, 2.75) is 43.8 Å². The summed E-state index contributed by atoms with van der Waals surface area (Å²) < 4.78 is 0. The number of nitrogens with one attached hydrogen (secondary N) is 4. The van der Waals surface area contributed by atoms with Crippen molar-refractivity contribution in [2.24, 2.45) is 11.5 Å². The molecule has 3 amide bonds. The fourth-order valence-corrected chi connectivity index (χ4v) is 2.65. The van der Waals surface area contributed by atoms with E-state index in [4.69, 9.17) is 11.5 Å². The van der Waals surface area contributed by atoms with Crippen LogP contribution in [0.3, 0.4) is 0 Å². The molecular weight excluding hydrogens is 396 g/mol. The van der Waals surface area contributed by atoms with E-state index < -0.39 is 41.8 Å². The van der Waals surface area contributed by atoms with E-state index in [-0.39, 0.29) is 25.7 Å². The first kappa shape index (κ1) is 22.5. The van der Waals surface area contributed by atoms with Gasteiger partial charge in [-0.05, 0) is 6.42 Å². The first-order chi connectivity index (χ1) is 14.3. The number of hydrogen-bond donors (Lipinski definition) is 7. The third kappa shape index (κ3) is 7.01. The maximum absolute atomic E-state index is 12.7. The number of carboxylic acid groups (broad SMARTS) is 1. The Bertz CT molecular complexity index is 852. The molecule has 162 valence electrons. The number of H-pyrrole nitrogens is 2. The van der Waals surface area contributed by atoms with E-state index in [2.05, 4.69) is 30.6 Å². The van der Waals surface area contributed by atoms with Gasteiger partial charge in [0.05, 0.1) is 18.7 Å². The lowest BCUT2D eigenvalue weighted by Crippen LogP contribution is -2.55. The molecule has 2 heterocycles. The molecule has 0 aromatic carbocycles. The summed E-state index contributed by atoms with van der Waals surface area (Å²) in [5, 5.41) is 14.2. The van der Waals surface area contributed by atoms with Gasteiger partial charge in [-0.3, -0.25) is 14.4 Å². The van der Waals surface area contributed by atoms with E-state index in [1.54, 1.807) is 0 Å². The first-order valence-electron chi connectivity index (χ1n) is 9.08. The number of nitrogens with two attached hydrogens (primary N) is 2. The molecule has 30 heavy (non-hydrogen) atoms. The van der Waals surface area contributed by atoms with Gasteiger partial charge in [-0.1, -0.05) is 0 Å². The largest absolute Gasteiger partial charge is 0.480 e. The number of primary amides is 1. The van der Waals surface area contributed by atoms with Gasteiger partial charge >= 0.3 is 5.97 Å². The van der Waals surface area contributed by atoms with Crippen LogP contribution in [-0.4, -0.2) is 66.9 Å². The minimum atomic E-state index is -1.27. The average Bonchev–Trinajstić information content (AvgIpc) is 3.38. The monoisotopic (exact) mass is 420 g/mol. The fourth-order valence-electron chi connectivity index (χ4n) is 2.65. The van der Waals surface area contributed by atoms with Gasteiger partial charge < -0.3 is 37.2 Å². The highest BCUT2D eigenvalue weighted by atomic mass is 16.4. The summed E-state index contributed by atoms with van der Waals surface area (Å²) in [7, 11) is 0. The Labute approximate surface area is 171 Å². The summed E-state index contributed by atoms with van der Waals surface area (Å²) in [5.41, 5.74) is 12.1. The maximum Gasteiger partial charge on any atom is 0.326 e. The summed E-state index contributed by atoms with van der Waals surface area (Å²) in [6.07, 6.45) is 5.57. The number of carbonyl (C=O) groups excluding carboxylic acids is 3. The minimum Gasteiger partial charge on any atom is -0.480 e. The number of imidazole rings is 2. The van der Waals surface area contributed by atoms with Gasteiger partial charge in [-0.2, -0.15) is 0 Å². The van der Waals surface area contributed by atoms with Gasteiger partial charge in [0.15, 0.2) is 0 Å². The number of rotatable bonds is 12. The molecule has 13 heteroatoms. The highest BCUT2D eigenvalue weighted by molar-refractivity contribution is 5.92. The average molecular weight is 420 g/mol. The Morgan fingerprint density at radius 3 is 2.03 bits per heavy atom. The number of carbonyl (C=O) groups is 4. The second kappa shape index (κ2) is 10.7. The van der Waals surface area contributed by atoms with Crippen LogP contribution >= 0.6 is 0 Å². The molecule has 0 bridgehead atoms. The molecule has 0 saturated heterocycles. The zero-order valence-electron chi connectivity index (χ0n) is 16.0. The molecular formula is C17H24N8O5. The number of aliphatic carboxylic acids is 1. The number of aromatic amines is 2. The van der Waals surface area contributed by atoms with Crippen LogP contribution in [0.15, 0.2) is 25.0 Å². The van der Waals surface area contributed by atoms with Gasteiger partial charge in [-0.25, -0.2) is 14.8 Å². The van der Waals surface area contributed by atoms with Gasteiger partial charge in [0.1, 0.15) is 12.1 Å². The van der Waals surface area contributed by atoms with Crippen LogP contribution in [0, 0.1) is 0 Å². The van der Waals surface area contributed by atoms with Crippen molar-refractivity contribution >= 4 is 23.7 Å². The molecule has 2 aromatic rings. The van der Waals surface area contributed by atoms with E-state index in [9.17, 15) is 24.3 Å². The van der Waals surface area contributed by atoms with Crippen LogP contribution in [0.5, 0.6) is 0 Å². The Hall–Kier alpha value is -3.74. The van der Waals surface area contributed by atoms with Gasteiger partial charge in [0.2, 0.25) is 17.7 Å². The Balaban J connectivity index is 2.03. The molecule has 0 aliphatic rings. The maximum atomic E-state index is 12.7. The van der Waals surface area contributed by atoms with Crippen LogP contribution in [0.4, 0.5) is 0 Å². The lowest BCUT2D eigenvalue weighted by molar-refractivity contribution is -0.142. The number of nitrogens with zero attached hydrogens (tertiary/aromatic N) is 2. The quantitative estimate of drug-likeness (QED) is 0.195. The molecule has 0 aliphatic heterocycles. The lowest BCUT2D eigenvalue weighted by atomic mass is 10.1. The SMILES string of the molecule is NC(=O)CC[C@H](NC(=O)[C@@H](N)Cc1cnc[nH]1)C(=O)N[C@@H](Cc1cnc[nH]1)C(=O)O. The number of hydrogen-bond acceptors (Lipinski definition) is 7. The zero-order valence-corrected chi connectivity index (χ0v) is 16.0. The second-order valence-electron chi connectivity index (χ2n) is 6.63. The zero-order chi connectivity index (χ0) is 22.1. The number of amides is 3. The Morgan fingerprint density at radius 1 is 0.967 bits per heavy atom. The van der Waals surface area contributed by atoms with Gasteiger partial charge in [0, 0.05) is 43.0 Å². The smallest absolute Gasteiger partial charge is 0.326 e. The van der Waals surface area contributed by atoms with Crippen molar-refractivity contribution in [3.63, 3.8) is 0 Å². The second-order valence-corrected chi connectivity index (χ2v) is 6.63. The summed E-state index contributed by atoms with van der Waals surface area (Å²) in [5.74, 6) is -3.36. The van der Waals surface area contributed by atoms with Crippen LogP contribution in [0.2, 0.25) is 0 Å². The van der Waals surface area contributed by atoms with Crippen molar-refractivity contribution in [1.82, 2.24) is 30.6 Å². The van der Waals surface area contributed by atoms with Crippen molar-refractivity contribution in [3.8, 4) is 0 Å². The van der Waals surface area contributed by atoms with Crippen molar-refractivity contribution in [3.05, 3.63) is 36.4 Å². The molecule has 0 saturated carbocycles. The van der Waals surface area contributed by atoms with E-state index >= 15 is 0 Å². The molecule has 9 N–H and O–H groups in total. The highest BCUT2D eigenvalue weighted by Crippen LogP contribution is 2.04. The molecule has 0 fully saturated rings. The first-order valence-corrected chi connectivity index (χ1v) is 9.08. The van der Waals surface area contributed by atoms with E-state index in [0.717, 1.165) is 0 Å². The summed E-state index contributed by atoms with van der Waals surface area (Å²) in [6, 6.07) is -3.46. The standard InChI is InChI=1S/C17H24N8O5/c18-11(3-9-5-20-7-22-9)15(27)24-12(1-2-14(19)26)16(28)25-13(17(29)30)4-10-6-21-8-23-10/h5-8,11-13H,1-4,18H2,(H2,19,26)(H,20,22)(H,21,23)(H,24,27)(H,25,28)(H,29,30)/t11-,12-,13-/m0/s1. The summed E-state index contributed by atoms with van der Waals surface area (Å²) in [6.45, 7) is 0. The normalized spacial score (nSPS) is 13.8. The van der Waals surface area contributed by atoms with Crippen LogP contribution in [0.1, 0.15) is 24.2 Å². The topological polar surface area (TPSA) is 222 Å². The third-order valence-electron chi connectivity index (χ3n) is 4.24. The molecule has 3 atom stereocenters. The predicted molar refractivity (Wildman–Crippen MR) is 102 cm³/mol. The molecule has 0 radical (unpaired) electrons. The molecule has 2 rings (SSSR count). The van der Waals surface area contributed by atoms with Crippen LogP contribution in [0.25, 0.3) is 0 Å².